The molecule has 5 rings (SSSR count). The molecule has 1 aliphatic carbocycles. The minimum Gasteiger partial charge on any atom is -0.429 e. The van der Waals surface area contributed by atoms with E-state index in [4.69, 9.17) is 0 Å². The van der Waals surface area contributed by atoms with Crippen LogP contribution in [-0.4, -0.2) is 0 Å². The monoisotopic (exact) mass is 630 g/mol. The molecule has 236 valence electrons. The van der Waals surface area contributed by atoms with Crippen molar-refractivity contribution in [2.24, 2.45) is 5.92 Å². The van der Waals surface area contributed by atoms with E-state index >= 15 is 8.78 Å². The molecule has 0 unspecified atom stereocenters. The fraction of sp³-hybridized carbons (Fsp3) is 0.278. The molecule has 9 heteroatoms. The van der Waals surface area contributed by atoms with E-state index in [1.54, 1.807) is 6.07 Å². The van der Waals surface area contributed by atoms with Crippen molar-refractivity contribution in [2.75, 3.05) is 0 Å². The van der Waals surface area contributed by atoms with Crippen LogP contribution in [0.15, 0.2) is 67.2 Å². The molecular weight excluding hydrogens is 600 g/mol. The van der Waals surface area contributed by atoms with E-state index in [9.17, 15) is 26.3 Å². The summed E-state index contributed by atoms with van der Waals surface area (Å²) < 4.78 is 122. The van der Waals surface area contributed by atoms with Gasteiger partial charge < -0.3 is 4.74 Å². The number of rotatable bonds is 9. The second-order valence-corrected chi connectivity index (χ2v) is 11.4. The van der Waals surface area contributed by atoms with E-state index in [0.717, 1.165) is 49.8 Å². The van der Waals surface area contributed by atoms with Crippen molar-refractivity contribution in [1.82, 2.24) is 0 Å². The van der Waals surface area contributed by atoms with E-state index in [1.165, 1.54) is 24.6 Å². The van der Waals surface area contributed by atoms with Crippen molar-refractivity contribution >= 4 is 6.08 Å². The molecule has 0 amide bonds. The Kier molecular flexibility index (Phi) is 9.37. The molecule has 0 heterocycles. The average molecular weight is 631 g/mol. The van der Waals surface area contributed by atoms with Crippen LogP contribution in [0.1, 0.15) is 68.1 Å². The molecule has 0 aromatic heterocycles. The maximum absolute atomic E-state index is 15.2. The van der Waals surface area contributed by atoms with Crippen LogP contribution in [0.2, 0.25) is 0 Å². The maximum Gasteiger partial charge on any atom is 0.432 e. The van der Waals surface area contributed by atoms with Gasteiger partial charge in [-0.3, -0.25) is 0 Å². The molecule has 4 aromatic carbocycles. The SMILES string of the molecule is C=Cc1c(F)cc(OC(F)(F)c2c(F)cc(-c3ccc(-c4ccc(C5CCC(CCC)CC5)cc4F)cc3F)cc2F)cc1F. The van der Waals surface area contributed by atoms with Crippen LogP contribution in [0.5, 0.6) is 5.75 Å². The first-order valence-electron chi connectivity index (χ1n) is 14.7. The highest BCUT2D eigenvalue weighted by Crippen LogP contribution is 2.40. The Morgan fingerprint density at radius 2 is 1.27 bits per heavy atom. The van der Waals surface area contributed by atoms with E-state index in [1.807, 2.05) is 6.07 Å². The summed E-state index contributed by atoms with van der Waals surface area (Å²) in [6.45, 7) is 5.37. The first kappa shape index (κ1) is 32.3. The molecule has 0 atom stereocenters. The van der Waals surface area contributed by atoms with Crippen molar-refractivity contribution in [3.05, 3.63) is 119 Å². The molecule has 4 aromatic rings. The van der Waals surface area contributed by atoms with Crippen LogP contribution in [0.25, 0.3) is 28.3 Å². The molecule has 45 heavy (non-hydrogen) atoms. The van der Waals surface area contributed by atoms with E-state index in [-0.39, 0.29) is 22.6 Å². The fourth-order valence-electron chi connectivity index (χ4n) is 6.15. The van der Waals surface area contributed by atoms with Crippen molar-refractivity contribution in [3.63, 3.8) is 0 Å². The van der Waals surface area contributed by atoms with Crippen LogP contribution in [0.4, 0.5) is 35.1 Å². The maximum atomic E-state index is 15.2. The van der Waals surface area contributed by atoms with Gasteiger partial charge in [-0.05, 0) is 78.5 Å². The van der Waals surface area contributed by atoms with Gasteiger partial charge in [0, 0.05) is 28.8 Å². The van der Waals surface area contributed by atoms with Gasteiger partial charge in [-0.25, -0.2) is 26.3 Å². The van der Waals surface area contributed by atoms with Gasteiger partial charge in [0.2, 0.25) is 0 Å². The van der Waals surface area contributed by atoms with Gasteiger partial charge in [-0.2, -0.15) is 8.78 Å². The molecule has 0 radical (unpaired) electrons. The van der Waals surface area contributed by atoms with Gasteiger partial charge in [0.05, 0.1) is 0 Å². The summed E-state index contributed by atoms with van der Waals surface area (Å²) in [7, 11) is 0. The third-order valence-corrected chi connectivity index (χ3v) is 8.44. The van der Waals surface area contributed by atoms with Crippen LogP contribution >= 0.6 is 0 Å². The second-order valence-electron chi connectivity index (χ2n) is 11.4. The molecule has 0 aliphatic heterocycles. The standard InChI is InChI=1S/C36H30F8O/c1-3-5-20-6-8-21(9-7-20)22-10-12-27(29(37)14-22)23-11-13-28(30(38)15-23)24-16-33(41)35(34(42)17-24)36(43,44)45-25-18-31(39)26(4-2)32(40)19-25/h4,10-21H,2-3,5-9H2,1H3. The van der Waals surface area contributed by atoms with Gasteiger partial charge in [-0.1, -0.05) is 56.7 Å². The van der Waals surface area contributed by atoms with Crippen molar-refractivity contribution in [3.8, 4) is 28.0 Å². The summed E-state index contributed by atoms with van der Waals surface area (Å²) in [4.78, 5) is 0. The number of benzene rings is 4. The normalized spacial score (nSPS) is 16.9. The van der Waals surface area contributed by atoms with Crippen LogP contribution in [0, 0.1) is 40.8 Å². The Labute approximate surface area is 256 Å². The molecule has 1 aliphatic rings. The zero-order valence-corrected chi connectivity index (χ0v) is 24.4. The quantitative estimate of drug-likeness (QED) is 0.167. The minimum absolute atomic E-state index is 0.141. The number of halogens is 8. The summed E-state index contributed by atoms with van der Waals surface area (Å²) in [5.74, 6) is -7.67. The summed E-state index contributed by atoms with van der Waals surface area (Å²) >= 11 is 0. The Balaban J connectivity index is 1.37. The fourth-order valence-corrected chi connectivity index (χ4v) is 6.15. The van der Waals surface area contributed by atoms with Crippen molar-refractivity contribution in [2.45, 2.75) is 57.5 Å². The van der Waals surface area contributed by atoms with Gasteiger partial charge in [0.15, 0.2) is 0 Å². The Bertz CT molecular complexity index is 1680. The smallest absolute Gasteiger partial charge is 0.429 e. The lowest BCUT2D eigenvalue weighted by Crippen LogP contribution is -2.25. The largest absolute Gasteiger partial charge is 0.432 e. The molecular formula is C36H30F8O. The van der Waals surface area contributed by atoms with Gasteiger partial charge in [0.1, 0.15) is 46.2 Å². The van der Waals surface area contributed by atoms with Crippen LogP contribution in [-0.2, 0) is 6.11 Å². The zero-order valence-electron chi connectivity index (χ0n) is 24.4. The predicted octanol–water partition coefficient (Wildman–Crippen LogP) is 11.7. The van der Waals surface area contributed by atoms with Crippen LogP contribution < -0.4 is 4.74 Å². The van der Waals surface area contributed by atoms with Crippen molar-refractivity contribution < 1.29 is 39.9 Å². The predicted molar refractivity (Wildman–Crippen MR) is 158 cm³/mol. The Morgan fingerprint density at radius 1 is 0.711 bits per heavy atom. The van der Waals surface area contributed by atoms with E-state index in [2.05, 4.69) is 18.2 Å². The molecule has 0 bridgehead atoms. The Hall–Kier alpha value is -4.14. The average Bonchev–Trinajstić information content (AvgIpc) is 2.96. The second kappa shape index (κ2) is 13.1. The molecule has 1 saturated carbocycles. The van der Waals surface area contributed by atoms with Crippen molar-refractivity contribution in [1.29, 1.82) is 0 Å². The Morgan fingerprint density at radius 3 is 1.82 bits per heavy atom. The molecule has 0 saturated heterocycles. The highest BCUT2D eigenvalue weighted by molar-refractivity contribution is 5.72. The zero-order chi connectivity index (χ0) is 32.5. The molecule has 1 fully saturated rings. The lowest BCUT2D eigenvalue weighted by molar-refractivity contribution is -0.189. The summed E-state index contributed by atoms with van der Waals surface area (Å²) in [6, 6.07) is 10.2. The number of hydrogen-bond donors (Lipinski definition) is 0. The van der Waals surface area contributed by atoms with Crippen LogP contribution in [0.3, 0.4) is 0 Å². The minimum atomic E-state index is -4.69. The summed E-state index contributed by atoms with van der Waals surface area (Å²) in [5.41, 5.74) is -1.95. The summed E-state index contributed by atoms with van der Waals surface area (Å²) in [6.07, 6.45) is 2.64. The lowest BCUT2D eigenvalue weighted by atomic mass is 9.77. The number of alkyl halides is 2. The van der Waals surface area contributed by atoms with Gasteiger partial charge in [-0.15, -0.1) is 0 Å². The number of hydrogen-bond acceptors (Lipinski definition) is 1. The third kappa shape index (κ3) is 6.77. The number of ether oxygens (including phenoxy) is 1. The lowest BCUT2D eigenvalue weighted by Gasteiger charge is -2.28. The molecule has 0 spiro atoms. The highest BCUT2D eigenvalue weighted by Gasteiger charge is 2.41. The first-order valence-corrected chi connectivity index (χ1v) is 14.7. The molecule has 0 N–H and O–H groups in total. The first-order chi connectivity index (χ1) is 21.4. The third-order valence-electron chi connectivity index (χ3n) is 8.44. The van der Waals surface area contributed by atoms with Gasteiger partial charge in [0.25, 0.3) is 0 Å². The highest BCUT2D eigenvalue weighted by atomic mass is 19.3. The van der Waals surface area contributed by atoms with E-state index in [0.29, 0.717) is 30.2 Å². The molecule has 1 nitrogen and oxygen atoms in total. The summed E-state index contributed by atoms with van der Waals surface area (Å²) in [5, 5.41) is 0. The van der Waals surface area contributed by atoms with E-state index < -0.39 is 63.5 Å². The van der Waals surface area contributed by atoms with Gasteiger partial charge >= 0.3 is 6.11 Å². The topological polar surface area (TPSA) is 9.23 Å².